The molecule has 0 N–H and O–H groups in total. The molecule has 9 nitrogen and oxygen atoms in total. The topological polar surface area (TPSA) is 114 Å². The van der Waals surface area contributed by atoms with Crippen LogP contribution >= 0.6 is 11.8 Å². The van der Waals surface area contributed by atoms with Gasteiger partial charge in [-0.25, -0.2) is 13.4 Å². The molecule has 31 heavy (non-hydrogen) atoms. The van der Waals surface area contributed by atoms with E-state index < -0.39 is 43.1 Å². The third-order valence-electron chi connectivity index (χ3n) is 4.41. The first kappa shape index (κ1) is 23.0. The number of benzene rings is 1. The van der Waals surface area contributed by atoms with E-state index in [9.17, 15) is 36.5 Å². The van der Waals surface area contributed by atoms with Crippen molar-refractivity contribution in [2.45, 2.75) is 15.4 Å². The lowest BCUT2D eigenvalue weighted by Crippen LogP contribution is -2.50. The van der Waals surface area contributed by atoms with Crippen molar-refractivity contribution in [3.63, 3.8) is 0 Å². The molecule has 166 valence electrons. The maximum Gasteiger partial charge on any atom is 0.447 e. The summed E-state index contributed by atoms with van der Waals surface area (Å²) in [7, 11) is -4.04. The molecule has 0 unspecified atom stereocenters. The number of alkyl halides is 3. The van der Waals surface area contributed by atoms with Gasteiger partial charge < -0.3 is 4.90 Å². The molecule has 0 saturated carbocycles. The first-order valence-corrected chi connectivity index (χ1v) is 11.0. The standard InChI is InChI=1S/C17H15F3N4O5S2/c18-17(19,20)30-15-14(5-2-6-21-15)16(25)22-7-9-23(10-8-22)31(28,29)13-4-1-3-12(11-13)24(26)27/h1-6,11H,7-10H2. The van der Waals surface area contributed by atoms with Gasteiger partial charge in [-0.05, 0) is 18.2 Å². The molecule has 1 saturated heterocycles. The van der Waals surface area contributed by atoms with Crippen LogP contribution in [0.3, 0.4) is 0 Å². The van der Waals surface area contributed by atoms with Gasteiger partial charge in [-0.3, -0.25) is 14.9 Å². The first-order chi connectivity index (χ1) is 14.5. The van der Waals surface area contributed by atoms with Crippen molar-refractivity contribution >= 4 is 33.4 Å². The summed E-state index contributed by atoms with van der Waals surface area (Å²) in [5.74, 6) is -0.688. The molecular weight excluding hydrogens is 461 g/mol. The van der Waals surface area contributed by atoms with Crippen molar-refractivity contribution in [2.24, 2.45) is 0 Å². The lowest BCUT2D eigenvalue weighted by atomic mass is 10.2. The molecule has 0 atom stereocenters. The largest absolute Gasteiger partial charge is 0.447 e. The lowest BCUT2D eigenvalue weighted by molar-refractivity contribution is -0.385. The van der Waals surface area contributed by atoms with E-state index in [4.69, 9.17) is 0 Å². The Morgan fingerprint density at radius 1 is 1.13 bits per heavy atom. The molecule has 0 bridgehead atoms. The summed E-state index contributed by atoms with van der Waals surface area (Å²) in [5, 5.41) is 10.4. The zero-order valence-electron chi connectivity index (χ0n) is 15.7. The van der Waals surface area contributed by atoms with E-state index in [0.29, 0.717) is 0 Å². The van der Waals surface area contributed by atoms with Gasteiger partial charge in [0.25, 0.3) is 11.6 Å². The van der Waals surface area contributed by atoms with Gasteiger partial charge in [0.15, 0.2) is 0 Å². The molecule has 0 radical (unpaired) electrons. The van der Waals surface area contributed by atoms with E-state index in [1.165, 1.54) is 35.2 Å². The molecular formula is C17H15F3N4O5S2. The van der Waals surface area contributed by atoms with Crippen molar-refractivity contribution in [3.05, 3.63) is 58.3 Å². The molecule has 1 aliphatic rings. The zero-order chi connectivity index (χ0) is 22.8. The van der Waals surface area contributed by atoms with Gasteiger partial charge in [0.1, 0.15) is 5.03 Å². The molecule has 0 spiro atoms. The molecule has 0 aliphatic carbocycles. The molecule has 2 heterocycles. The number of rotatable bonds is 5. The second kappa shape index (κ2) is 8.80. The quantitative estimate of drug-likeness (QED) is 0.370. The van der Waals surface area contributed by atoms with E-state index in [2.05, 4.69) is 4.98 Å². The Bertz CT molecular complexity index is 1100. The highest BCUT2D eigenvalue weighted by atomic mass is 32.2. The van der Waals surface area contributed by atoms with Crippen LogP contribution in [0.5, 0.6) is 0 Å². The fraction of sp³-hybridized carbons (Fsp3) is 0.294. The van der Waals surface area contributed by atoms with Crippen molar-refractivity contribution in [1.29, 1.82) is 0 Å². The second-order valence-corrected chi connectivity index (χ2v) is 9.35. The summed E-state index contributed by atoms with van der Waals surface area (Å²) in [6, 6.07) is 7.18. The van der Waals surface area contributed by atoms with Gasteiger partial charge in [-0.15, -0.1) is 0 Å². The van der Waals surface area contributed by atoms with Crippen LogP contribution in [0.15, 0.2) is 52.5 Å². The molecule has 14 heteroatoms. The highest BCUT2D eigenvalue weighted by Gasteiger charge is 2.35. The van der Waals surface area contributed by atoms with Gasteiger partial charge in [-0.2, -0.15) is 17.5 Å². The number of nitro groups is 1. The van der Waals surface area contributed by atoms with Gasteiger partial charge in [-0.1, -0.05) is 6.07 Å². The Hall–Kier alpha value is -2.71. The summed E-state index contributed by atoms with van der Waals surface area (Å²) in [5.41, 5.74) is -5.21. The van der Waals surface area contributed by atoms with Crippen LogP contribution in [0.25, 0.3) is 0 Å². The van der Waals surface area contributed by atoms with Crippen molar-refractivity contribution < 1.29 is 31.3 Å². The molecule has 1 aromatic carbocycles. The highest BCUT2D eigenvalue weighted by molar-refractivity contribution is 8.00. The number of carbonyl (C=O) groups is 1. The van der Waals surface area contributed by atoms with Crippen LogP contribution in [0, 0.1) is 10.1 Å². The summed E-state index contributed by atoms with van der Waals surface area (Å²) >= 11 is -0.495. The summed E-state index contributed by atoms with van der Waals surface area (Å²) in [6.45, 7) is -0.340. The number of thioether (sulfide) groups is 1. The van der Waals surface area contributed by atoms with E-state index in [-0.39, 0.29) is 42.3 Å². The number of amides is 1. The third-order valence-corrected chi connectivity index (χ3v) is 7.05. The van der Waals surface area contributed by atoms with Crippen molar-refractivity contribution in [3.8, 4) is 0 Å². The number of aromatic nitrogens is 1. The molecule has 3 rings (SSSR count). The Kier molecular flexibility index (Phi) is 6.52. The minimum Gasteiger partial charge on any atom is -0.336 e. The molecule has 1 aromatic heterocycles. The Labute approximate surface area is 179 Å². The summed E-state index contributed by atoms with van der Waals surface area (Å²) in [6.07, 6.45) is 1.15. The number of sulfonamides is 1. The minimum absolute atomic E-state index is 0.0575. The van der Waals surface area contributed by atoms with Crippen LogP contribution in [0.4, 0.5) is 18.9 Å². The average molecular weight is 476 g/mol. The number of nitro benzene ring substituents is 1. The Morgan fingerprint density at radius 2 is 1.81 bits per heavy atom. The number of nitrogens with zero attached hydrogens (tertiary/aromatic N) is 4. The first-order valence-electron chi connectivity index (χ1n) is 8.74. The van der Waals surface area contributed by atoms with E-state index in [1.54, 1.807) is 0 Å². The minimum atomic E-state index is -4.62. The normalized spacial score (nSPS) is 15.6. The number of hydrogen-bond donors (Lipinski definition) is 0. The fourth-order valence-electron chi connectivity index (χ4n) is 2.95. The van der Waals surface area contributed by atoms with E-state index in [0.717, 1.165) is 16.6 Å². The molecule has 1 aliphatic heterocycles. The van der Waals surface area contributed by atoms with E-state index in [1.807, 2.05) is 0 Å². The van der Waals surface area contributed by atoms with Crippen LogP contribution in [0.1, 0.15) is 10.4 Å². The summed E-state index contributed by atoms with van der Waals surface area (Å²) in [4.78, 5) is 27.5. The predicted octanol–water partition coefficient (Wildman–Crippen LogP) is 2.75. The fourth-order valence-corrected chi connectivity index (χ4v) is 5.01. The summed E-state index contributed by atoms with van der Waals surface area (Å²) < 4.78 is 64.8. The highest BCUT2D eigenvalue weighted by Crippen LogP contribution is 2.37. The lowest BCUT2D eigenvalue weighted by Gasteiger charge is -2.34. The van der Waals surface area contributed by atoms with Crippen molar-refractivity contribution in [1.82, 2.24) is 14.2 Å². The monoisotopic (exact) mass is 476 g/mol. The van der Waals surface area contributed by atoms with Crippen LogP contribution in [0.2, 0.25) is 0 Å². The van der Waals surface area contributed by atoms with Crippen LogP contribution in [-0.2, 0) is 10.0 Å². The number of carbonyl (C=O) groups excluding carboxylic acids is 1. The van der Waals surface area contributed by atoms with Gasteiger partial charge in [0, 0.05) is 56.3 Å². The van der Waals surface area contributed by atoms with Crippen molar-refractivity contribution in [2.75, 3.05) is 26.2 Å². The smallest absolute Gasteiger partial charge is 0.336 e. The molecule has 1 fully saturated rings. The second-order valence-electron chi connectivity index (χ2n) is 6.35. The number of halogens is 3. The van der Waals surface area contributed by atoms with Crippen LogP contribution in [-0.4, -0.2) is 65.1 Å². The molecule has 2 aromatic rings. The van der Waals surface area contributed by atoms with Gasteiger partial charge >= 0.3 is 5.51 Å². The Morgan fingerprint density at radius 3 is 2.42 bits per heavy atom. The van der Waals surface area contributed by atoms with E-state index >= 15 is 0 Å². The zero-order valence-corrected chi connectivity index (χ0v) is 17.3. The maximum absolute atomic E-state index is 12.8. The average Bonchev–Trinajstić information content (AvgIpc) is 2.72. The Balaban J connectivity index is 1.73. The number of piperazine rings is 1. The number of non-ortho nitro benzene ring substituents is 1. The predicted molar refractivity (Wildman–Crippen MR) is 104 cm³/mol. The van der Waals surface area contributed by atoms with Gasteiger partial charge in [0.2, 0.25) is 10.0 Å². The van der Waals surface area contributed by atoms with Gasteiger partial charge in [0.05, 0.1) is 15.4 Å². The molecule has 1 amide bonds. The maximum atomic E-state index is 12.8. The number of pyridine rings is 1. The third kappa shape index (κ3) is 5.32. The van der Waals surface area contributed by atoms with Crippen LogP contribution < -0.4 is 0 Å². The SMILES string of the molecule is O=C(c1cccnc1SC(F)(F)F)N1CCN(S(=O)(=O)c2cccc([N+](=O)[O-])c2)CC1. The number of hydrogen-bond acceptors (Lipinski definition) is 7.